The third-order valence-corrected chi connectivity index (χ3v) is 18.7. The quantitative estimate of drug-likeness (QED) is 0.120. The maximum absolute atomic E-state index is 9.96. The van der Waals surface area contributed by atoms with Gasteiger partial charge in [-0.2, -0.15) is 15.8 Å². The van der Waals surface area contributed by atoms with Crippen LogP contribution in [-0.2, 0) is 0 Å². The molecule has 8 heteroatoms. The molecule has 0 N–H and O–H groups in total. The van der Waals surface area contributed by atoms with E-state index in [1.165, 1.54) is 0 Å². The van der Waals surface area contributed by atoms with Crippen LogP contribution in [0.2, 0.25) is 0 Å². The van der Waals surface area contributed by atoms with E-state index in [-0.39, 0.29) is 0 Å². The zero-order valence-electron chi connectivity index (χ0n) is 52.8. The Hall–Kier alpha value is -13.8. The van der Waals surface area contributed by atoms with Gasteiger partial charge in [-0.15, -0.1) is 0 Å². The number of hydrogen-bond acceptors (Lipinski definition) is 6. The second-order valence-electron chi connectivity index (χ2n) is 24.5. The van der Waals surface area contributed by atoms with E-state index < -0.39 is 0 Å². The van der Waals surface area contributed by atoms with Crippen molar-refractivity contribution in [2.24, 2.45) is 0 Å². The molecule has 98 heavy (non-hydrogen) atoms. The predicted molar refractivity (Wildman–Crippen MR) is 397 cm³/mol. The van der Waals surface area contributed by atoms with Crippen molar-refractivity contribution in [3.05, 3.63) is 344 Å². The topological polar surface area (TPSA) is 120 Å². The van der Waals surface area contributed by atoms with Crippen molar-refractivity contribution >= 4 is 43.6 Å². The van der Waals surface area contributed by atoms with Crippen LogP contribution < -0.4 is 0 Å². The predicted octanol–water partition coefficient (Wildman–Crippen LogP) is 22.4. The van der Waals surface area contributed by atoms with Crippen LogP contribution in [0.25, 0.3) is 167 Å². The van der Waals surface area contributed by atoms with Gasteiger partial charge in [0, 0.05) is 38.2 Å². The van der Waals surface area contributed by atoms with Gasteiger partial charge in [0.15, 0.2) is 17.5 Å². The molecule has 0 atom stereocenters. The van der Waals surface area contributed by atoms with Gasteiger partial charge in [0.1, 0.15) is 0 Å². The summed E-state index contributed by atoms with van der Waals surface area (Å²) in [7, 11) is 0. The minimum absolute atomic E-state index is 0.448. The highest BCUT2D eigenvalue weighted by Gasteiger charge is 2.25. The molecule has 8 nitrogen and oxygen atoms in total. The van der Waals surface area contributed by atoms with Crippen molar-refractivity contribution in [3.8, 4) is 142 Å². The van der Waals surface area contributed by atoms with Gasteiger partial charge < -0.3 is 9.13 Å². The van der Waals surface area contributed by atoms with Gasteiger partial charge in [0.25, 0.3) is 0 Å². The lowest BCUT2D eigenvalue weighted by molar-refractivity contribution is 1.06. The molecule has 0 bridgehead atoms. The SMILES string of the molecule is N#Cc1ccc(-c2ccc(-c3nc(-c4ccc(-c5ccc(C#N)cc5)cc4-n4c5ccc(-c6ccccc6)cc5c5cc(-c6ccccc6)ccc54)nc(-c4ccc(-c5ccc(C#N)cc5)cc4-n4c5ccc(-c6ccccc6)cc5c5cc(-c6ccccc6)ccc54)n3)cc2)cc1. The van der Waals surface area contributed by atoms with Crippen LogP contribution in [0.5, 0.6) is 0 Å². The summed E-state index contributed by atoms with van der Waals surface area (Å²) in [5.41, 5.74) is 24.3. The Morgan fingerprint density at radius 2 is 0.429 bits per heavy atom. The van der Waals surface area contributed by atoms with Crippen LogP contribution in [0.1, 0.15) is 16.7 Å². The Morgan fingerprint density at radius 3 is 0.724 bits per heavy atom. The highest BCUT2D eigenvalue weighted by molar-refractivity contribution is 6.14. The lowest BCUT2D eigenvalue weighted by Gasteiger charge is -2.18. The van der Waals surface area contributed by atoms with Gasteiger partial charge >= 0.3 is 0 Å². The van der Waals surface area contributed by atoms with E-state index in [0.717, 1.165) is 150 Å². The molecular formula is C90H54N8. The summed E-state index contributed by atoms with van der Waals surface area (Å²) in [5, 5.41) is 33.9. The first-order valence-corrected chi connectivity index (χ1v) is 32.5. The summed E-state index contributed by atoms with van der Waals surface area (Å²) in [4.78, 5) is 17.0. The third-order valence-electron chi connectivity index (χ3n) is 18.7. The molecule has 3 aromatic heterocycles. The molecule has 0 fully saturated rings. The fourth-order valence-electron chi connectivity index (χ4n) is 13.7. The normalized spacial score (nSPS) is 11.2. The molecule has 0 amide bonds. The molecule has 0 saturated heterocycles. The second-order valence-corrected chi connectivity index (χ2v) is 24.5. The molecule has 0 radical (unpaired) electrons. The van der Waals surface area contributed by atoms with E-state index in [1.54, 1.807) is 0 Å². The van der Waals surface area contributed by atoms with E-state index in [4.69, 9.17) is 15.0 Å². The van der Waals surface area contributed by atoms with Gasteiger partial charge in [0.05, 0.1) is 68.3 Å². The summed E-state index contributed by atoms with van der Waals surface area (Å²) in [6.45, 7) is 0. The van der Waals surface area contributed by atoms with Crippen LogP contribution in [0, 0.1) is 34.0 Å². The van der Waals surface area contributed by atoms with Gasteiger partial charge in [0.2, 0.25) is 0 Å². The molecule has 0 aliphatic heterocycles. The van der Waals surface area contributed by atoms with Crippen molar-refractivity contribution in [2.75, 3.05) is 0 Å². The van der Waals surface area contributed by atoms with Gasteiger partial charge in [-0.25, -0.2) is 15.0 Å². The average Bonchev–Trinajstić information content (AvgIpc) is 1.60. The molecule has 0 saturated carbocycles. The number of rotatable bonds is 12. The van der Waals surface area contributed by atoms with E-state index >= 15 is 0 Å². The number of benzene rings is 14. The van der Waals surface area contributed by atoms with Crippen molar-refractivity contribution < 1.29 is 0 Å². The zero-order valence-corrected chi connectivity index (χ0v) is 52.8. The van der Waals surface area contributed by atoms with Crippen molar-refractivity contribution in [3.63, 3.8) is 0 Å². The Kier molecular flexibility index (Phi) is 14.5. The lowest BCUT2D eigenvalue weighted by atomic mass is 9.99. The molecule has 0 unspecified atom stereocenters. The molecule has 0 aliphatic rings. The molecule has 0 aliphatic carbocycles. The fourth-order valence-corrected chi connectivity index (χ4v) is 13.7. The fraction of sp³-hybridized carbons (Fsp3) is 0. The third kappa shape index (κ3) is 10.6. The molecule has 17 rings (SSSR count). The second kappa shape index (κ2) is 24.6. The summed E-state index contributed by atoms with van der Waals surface area (Å²) in [6.07, 6.45) is 0. The summed E-state index contributed by atoms with van der Waals surface area (Å²) >= 11 is 0. The average molecular weight is 1250 g/mol. The van der Waals surface area contributed by atoms with Gasteiger partial charge in [-0.05, 0) is 187 Å². The van der Waals surface area contributed by atoms with E-state index in [1.807, 2.05) is 97.1 Å². The molecule has 17 aromatic rings. The molecule has 0 spiro atoms. The van der Waals surface area contributed by atoms with Crippen LogP contribution in [0.15, 0.2) is 328 Å². The number of nitriles is 3. The largest absolute Gasteiger partial charge is 0.308 e. The van der Waals surface area contributed by atoms with Crippen molar-refractivity contribution in [1.82, 2.24) is 24.1 Å². The Balaban J connectivity index is 0.947. The van der Waals surface area contributed by atoms with Crippen LogP contribution >= 0.6 is 0 Å². The number of nitrogens with zero attached hydrogens (tertiary/aromatic N) is 8. The standard InChI is InChI=1S/C90H54N8/c91-55-58-21-27-65(28-22-58)66-33-35-69(36-34-66)88-94-89(76-43-37-74(67-29-23-59(56-92)24-30-67)53-86(76)97-82-45-39-70(61-13-5-1-6-14-61)49-78(82)79-50-71(40-46-83(79)97)62-15-7-2-8-16-62)96-90(95-88)77-44-38-75(68-31-25-60(57-93)26-32-68)54-87(77)98-84-47-41-72(63-17-9-3-10-18-63)51-80(84)81-52-73(42-48-85(81)98)64-19-11-4-12-20-64/h1-54H. The molecule has 454 valence electrons. The van der Waals surface area contributed by atoms with E-state index in [9.17, 15) is 15.8 Å². The van der Waals surface area contributed by atoms with Gasteiger partial charge in [-0.1, -0.05) is 218 Å². The van der Waals surface area contributed by atoms with Crippen LogP contribution in [0.4, 0.5) is 0 Å². The summed E-state index contributed by atoms with van der Waals surface area (Å²) < 4.78 is 4.71. The number of fused-ring (bicyclic) bond motifs is 6. The summed E-state index contributed by atoms with van der Waals surface area (Å²) in [6, 6.07) is 120. The zero-order chi connectivity index (χ0) is 65.6. The first kappa shape index (κ1) is 58.0. The highest BCUT2D eigenvalue weighted by Crippen LogP contribution is 2.45. The van der Waals surface area contributed by atoms with Gasteiger partial charge in [-0.3, -0.25) is 0 Å². The minimum atomic E-state index is 0.448. The molecule has 14 aromatic carbocycles. The number of hydrogen-bond donors (Lipinski definition) is 0. The van der Waals surface area contributed by atoms with Crippen LogP contribution in [0.3, 0.4) is 0 Å². The minimum Gasteiger partial charge on any atom is -0.308 e. The Labute approximate surface area is 566 Å². The smallest absolute Gasteiger partial charge is 0.166 e. The highest BCUT2D eigenvalue weighted by atomic mass is 15.1. The maximum atomic E-state index is 9.96. The Morgan fingerprint density at radius 1 is 0.204 bits per heavy atom. The molecule has 3 heterocycles. The lowest BCUT2D eigenvalue weighted by Crippen LogP contribution is -2.06. The molecular weight excluding hydrogens is 1190 g/mol. The number of aromatic nitrogens is 5. The first-order valence-electron chi connectivity index (χ1n) is 32.5. The summed E-state index contributed by atoms with van der Waals surface area (Å²) in [5.74, 6) is 1.36. The van der Waals surface area contributed by atoms with Crippen molar-refractivity contribution in [1.29, 1.82) is 15.8 Å². The van der Waals surface area contributed by atoms with E-state index in [2.05, 4.69) is 258 Å². The first-order chi connectivity index (χ1) is 48.4. The van der Waals surface area contributed by atoms with Crippen LogP contribution in [-0.4, -0.2) is 24.1 Å². The monoisotopic (exact) mass is 1250 g/mol. The Bertz CT molecular complexity index is 5560. The maximum Gasteiger partial charge on any atom is 0.166 e. The van der Waals surface area contributed by atoms with E-state index in [0.29, 0.717) is 34.2 Å². The van der Waals surface area contributed by atoms with Crippen molar-refractivity contribution in [2.45, 2.75) is 0 Å².